The monoisotopic (exact) mass is 270 g/mol. The molecule has 0 heterocycles. The maximum Gasteiger partial charge on any atom is 0.313 e. The fourth-order valence-electron chi connectivity index (χ4n) is 2.04. The number of rotatable bonds is 12. The standard InChI is InChI=1S/C16H30O3/c1-4-7-9-14(6-3)10-11-15(17)13-16(18)19-12-8-5-2/h14H,4-13H2,1-3H3. The van der Waals surface area contributed by atoms with Crippen LogP contribution in [0.15, 0.2) is 0 Å². The average molecular weight is 270 g/mol. The van der Waals surface area contributed by atoms with Crippen molar-refractivity contribution in [1.29, 1.82) is 0 Å². The molecule has 19 heavy (non-hydrogen) atoms. The van der Waals surface area contributed by atoms with Crippen molar-refractivity contribution in [2.75, 3.05) is 6.61 Å². The molecule has 0 saturated carbocycles. The van der Waals surface area contributed by atoms with E-state index in [1.807, 2.05) is 6.92 Å². The van der Waals surface area contributed by atoms with Gasteiger partial charge in [0.15, 0.2) is 0 Å². The largest absolute Gasteiger partial charge is 0.465 e. The average Bonchev–Trinajstić information content (AvgIpc) is 2.39. The number of ether oxygens (including phenoxy) is 1. The van der Waals surface area contributed by atoms with Gasteiger partial charge >= 0.3 is 5.97 Å². The van der Waals surface area contributed by atoms with Crippen LogP contribution in [0.3, 0.4) is 0 Å². The number of unbranched alkanes of at least 4 members (excludes halogenated alkanes) is 2. The molecule has 0 N–H and O–H groups in total. The van der Waals surface area contributed by atoms with Gasteiger partial charge < -0.3 is 4.74 Å². The Morgan fingerprint density at radius 1 is 1.00 bits per heavy atom. The van der Waals surface area contributed by atoms with Crippen LogP contribution in [-0.2, 0) is 14.3 Å². The van der Waals surface area contributed by atoms with Gasteiger partial charge in [-0.25, -0.2) is 0 Å². The van der Waals surface area contributed by atoms with Crippen LogP contribution in [0.2, 0.25) is 0 Å². The van der Waals surface area contributed by atoms with E-state index in [1.165, 1.54) is 19.3 Å². The zero-order valence-corrected chi connectivity index (χ0v) is 12.9. The molecular formula is C16H30O3. The van der Waals surface area contributed by atoms with Crippen molar-refractivity contribution >= 4 is 11.8 Å². The lowest BCUT2D eigenvalue weighted by Gasteiger charge is -2.13. The van der Waals surface area contributed by atoms with Crippen LogP contribution < -0.4 is 0 Å². The highest BCUT2D eigenvalue weighted by atomic mass is 16.5. The van der Waals surface area contributed by atoms with Gasteiger partial charge in [0, 0.05) is 6.42 Å². The minimum Gasteiger partial charge on any atom is -0.465 e. The molecule has 112 valence electrons. The lowest BCUT2D eigenvalue weighted by Crippen LogP contribution is -2.13. The lowest BCUT2D eigenvalue weighted by atomic mass is 9.93. The molecule has 0 amide bonds. The quantitative estimate of drug-likeness (QED) is 0.302. The first kappa shape index (κ1) is 18.1. The number of hydrogen-bond donors (Lipinski definition) is 0. The van der Waals surface area contributed by atoms with Crippen LogP contribution in [0.1, 0.15) is 78.6 Å². The number of carbonyl (C=O) groups is 2. The summed E-state index contributed by atoms with van der Waals surface area (Å²) >= 11 is 0. The second-order valence-corrected chi connectivity index (χ2v) is 5.24. The number of carbonyl (C=O) groups excluding carboxylic acids is 2. The zero-order valence-electron chi connectivity index (χ0n) is 12.9. The summed E-state index contributed by atoms with van der Waals surface area (Å²) in [6.45, 7) is 6.84. The van der Waals surface area contributed by atoms with E-state index < -0.39 is 0 Å². The zero-order chi connectivity index (χ0) is 14.5. The topological polar surface area (TPSA) is 43.4 Å². The van der Waals surface area contributed by atoms with Gasteiger partial charge in [0.05, 0.1) is 6.61 Å². The van der Waals surface area contributed by atoms with E-state index in [9.17, 15) is 9.59 Å². The van der Waals surface area contributed by atoms with Gasteiger partial charge in [0.2, 0.25) is 0 Å². The Labute approximate surface area is 118 Å². The Morgan fingerprint density at radius 2 is 1.68 bits per heavy atom. The normalized spacial score (nSPS) is 12.2. The van der Waals surface area contributed by atoms with E-state index in [4.69, 9.17) is 4.74 Å². The Bertz CT molecular complexity index is 248. The van der Waals surface area contributed by atoms with Crippen LogP contribution in [-0.4, -0.2) is 18.4 Å². The van der Waals surface area contributed by atoms with Crippen molar-refractivity contribution in [3.05, 3.63) is 0 Å². The predicted octanol–water partition coefficient (Wildman–Crippen LogP) is 4.29. The van der Waals surface area contributed by atoms with Crippen LogP contribution in [0.5, 0.6) is 0 Å². The van der Waals surface area contributed by atoms with E-state index >= 15 is 0 Å². The van der Waals surface area contributed by atoms with Gasteiger partial charge in [-0.2, -0.15) is 0 Å². The summed E-state index contributed by atoms with van der Waals surface area (Å²) < 4.78 is 4.99. The van der Waals surface area contributed by atoms with Gasteiger partial charge in [0.1, 0.15) is 12.2 Å². The minimum atomic E-state index is -0.361. The van der Waals surface area contributed by atoms with E-state index in [-0.39, 0.29) is 18.2 Å². The minimum absolute atomic E-state index is 0.0245. The predicted molar refractivity (Wildman–Crippen MR) is 78.0 cm³/mol. The highest BCUT2D eigenvalue weighted by molar-refractivity contribution is 5.95. The van der Waals surface area contributed by atoms with Crippen molar-refractivity contribution in [2.45, 2.75) is 78.6 Å². The molecule has 0 aliphatic rings. The molecule has 0 aromatic rings. The maximum absolute atomic E-state index is 11.7. The summed E-state index contributed by atoms with van der Waals surface area (Å²) in [5.74, 6) is 0.288. The third-order valence-corrected chi connectivity index (χ3v) is 3.48. The molecule has 0 radical (unpaired) electrons. The number of esters is 1. The summed E-state index contributed by atoms with van der Waals surface area (Å²) in [7, 11) is 0. The third kappa shape index (κ3) is 10.7. The van der Waals surface area contributed by atoms with E-state index in [0.29, 0.717) is 18.9 Å². The third-order valence-electron chi connectivity index (χ3n) is 3.48. The summed E-state index contributed by atoms with van der Waals surface area (Å²) in [5, 5.41) is 0. The fourth-order valence-corrected chi connectivity index (χ4v) is 2.04. The van der Waals surface area contributed by atoms with Gasteiger partial charge in [-0.3, -0.25) is 9.59 Å². The molecule has 1 atom stereocenters. The summed E-state index contributed by atoms with van der Waals surface area (Å²) in [5.41, 5.74) is 0. The first-order chi connectivity index (χ1) is 9.13. The molecule has 0 saturated heterocycles. The lowest BCUT2D eigenvalue weighted by molar-refractivity contribution is -0.146. The summed E-state index contributed by atoms with van der Waals surface area (Å²) in [6.07, 6.45) is 8.00. The fraction of sp³-hybridized carbons (Fsp3) is 0.875. The molecule has 0 aromatic heterocycles. The molecule has 0 aromatic carbocycles. The molecule has 0 fully saturated rings. The molecule has 0 spiro atoms. The molecule has 0 rings (SSSR count). The first-order valence-corrected chi connectivity index (χ1v) is 7.81. The second-order valence-electron chi connectivity index (χ2n) is 5.24. The highest BCUT2D eigenvalue weighted by Gasteiger charge is 2.13. The summed E-state index contributed by atoms with van der Waals surface area (Å²) in [6, 6.07) is 0. The van der Waals surface area contributed by atoms with E-state index in [2.05, 4.69) is 13.8 Å². The van der Waals surface area contributed by atoms with Crippen molar-refractivity contribution in [2.24, 2.45) is 5.92 Å². The molecule has 0 aliphatic heterocycles. The SMILES string of the molecule is CCCCOC(=O)CC(=O)CCC(CC)CCCC. The molecule has 3 nitrogen and oxygen atoms in total. The molecule has 0 bridgehead atoms. The number of ketones is 1. The van der Waals surface area contributed by atoms with E-state index in [0.717, 1.165) is 25.7 Å². The van der Waals surface area contributed by atoms with Crippen LogP contribution in [0.4, 0.5) is 0 Å². The van der Waals surface area contributed by atoms with Crippen LogP contribution in [0.25, 0.3) is 0 Å². The van der Waals surface area contributed by atoms with Crippen molar-refractivity contribution < 1.29 is 14.3 Å². The van der Waals surface area contributed by atoms with Crippen molar-refractivity contribution in [3.63, 3.8) is 0 Å². The maximum atomic E-state index is 11.7. The van der Waals surface area contributed by atoms with Gasteiger partial charge in [-0.05, 0) is 18.8 Å². The number of hydrogen-bond acceptors (Lipinski definition) is 3. The smallest absolute Gasteiger partial charge is 0.313 e. The highest BCUT2D eigenvalue weighted by Crippen LogP contribution is 2.18. The molecule has 1 unspecified atom stereocenters. The molecular weight excluding hydrogens is 240 g/mol. The first-order valence-electron chi connectivity index (χ1n) is 7.81. The van der Waals surface area contributed by atoms with Gasteiger partial charge in [0.25, 0.3) is 0 Å². The molecule has 3 heteroatoms. The summed E-state index contributed by atoms with van der Waals surface area (Å²) in [4.78, 5) is 23.1. The van der Waals surface area contributed by atoms with Crippen LogP contribution >= 0.6 is 0 Å². The Morgan fingerprint density at radius 3 is 2.26 bits per heavy atom. The van der Waals surface area contributed by atoms with Crippen molar-refractivity contribution in [3.8, 4) is 0 Å². The van der Waals surface area contributed by atoms with Gasteiger partial charge in [-0.1, -0.05) is 52.9 Å². The van der Waals surface area contributed by atoms with E-state index in [1.54, 1.807) is 0 Å². The molecule has 0 aliphatic carbocycles. The van der Waals surface area contributed by atoms with Gasteiger partial charge in [-0.15, -0.1) is 0 Å². The van der Waals surface area contributed by atoms with Crippen molar-refractivity contribution in [1.82, 2.24) is 0 Å². The van der Waals surface area contributed by atoms with Crippen LogP contribution in [0, 0.1) is 5.92 Å². The Balaban J connectivity index is 3.74. The second kappa shape index (κ2) is 12.2. The Hall–Kier alpha value is -0.860. The number of Topliss-reactive ketones (excluding diaryl/α,β-unsaturated/α-hetero) is 1. The Kier molecular flexibility index (Phi) is 11.6.